The van der Waals surface area contributed by atoms with Crippen LogP contribution in [0.5, 0.6) is 11.5 Å². The summed E-state index contributed by atoms with van der Waals surface area (Å²) in [6, 6.07) is 19.5. The molecule has 0 fully saturated rings. The molecule has 0 unspecified atom stereocenters. The molecule has 32 heavy (non-hydrogen) atoms. The summed E-state index contributed by atoms with van der Waals surface area (Å²) in [6.07, 6.45) is 1.31. The predicted octanol–water partition coefficient (Wildman–Crippen LogP) is 4.18. The Bertz CT molecular complexity index is 1130. The number of aryl methyl sites for hydroxylation is 1. The van der Waals surface area contributed by atoms with E-state index in [4.69, 9.17) is 9.47 Å². The monoisotopic (exact) mass is 433 g/mol. The highest BCUT2D eigenvalue weighted by Gasteiger charge is 2.15. The van der Waals surface area contributed by atoms with E-state index >= 15 is 0 Å². The van der Waals surface area contributed by atoms with Crippen LogP contribution in [0.2, 0.25) is 0 Å². The van der Waals surface area contributed by atoms with Gasteiger partial charge in [0, 0.05) is 11.6 Å². The lowest BCUT2D eigenvalue weighted by atomic mass is 10.1. The van der Waals surface area contributed by atoms with Crippen LogP contribution >= 0.6 is 0 Å². The van der Waals surface area contributed by atoms with E-state index in [1.165, 1.54) is 17.8 Å². The lowest BCUT2D eigenvalue weighted by molar-refractivity contribution is -0.385. The van der Waals surface area contributed by atoms with Gasteiger partial charge in [0.2, 0.25) is 5.91 Å². The zero-order chi connectivity index (χ0) is 22.9. The first-order valence-corrected chi connectivity index (χ1v) is 9.87. The molecule has 1 amide bonds. The molecule has 0 spiro atoms. The summed E-state index contributed by atoms with van der Waals surface area (Å²) >= 11 is 0. The van der Waals surface area contributed by atoms with Crippen molar-refractivity contribution in [2.24, 2.45) is 5.10 Å². The molecule has 3 rings (SSSR count). The molecule has 0 aliphatic rings. The average molecular weight is 433 g/mol. The Hall–Kier alpha value is -4.20. The highest BCUT2D eigenvalue weighted by Crippen LogP contribution is 2.28. The van der Waals surface area contributed by atoms with Crippen molar-refractivity contribution in [2.45, 2.75) is 20.0 Å². The zero-order valence-corrected chi connectivity index (χ0v) is 17.8. The molecule has 0 radical (unpaired) electrons. The van der Waals surface area contributed by atoms with Gasteiger partial charge in [-0.1, -0.05) is 48.0 Å². The number of hydrazone groups is 1. The third-order valence-electron chi connectivity index (χ3n) is 4.64. The fourth-order valence-corrected chi connectivity index (χ4v) is 2.96. The van der Waals surface area contributed by atoms with Gasteiger partial charge in [-0.3, -0.25) is 14.9 Å². The minimum absolute atomic E-state index is 0.0995. The number of hydrogen-bond acceptors (Lipinski definition) is 6. The number of carbonyl (C=O) groups excluding carboxylic acids is 1. The van der Waals surface area contributed by atoms with Crippen molar-refractivity contribution in [3.8, 4) is 11.5 Å². The molecule has 0 heterocycles. The van der Waals surface area contributed by atoms with E-state index < -0.39 is 10.8 Å². The van der Waals surface area contributed by atoms with E-state index in [0.29, 0.717) is 29.2 Å². The van der Waals surface area contributed by atoms with E-state index in [-0.39, 0.29) is 12.1 Å². The second-order valence-electron chi connectivity index (χ2n) is 7.04. The van der Waals surface area contributed by atoms with Crippen LogP contribution in [-0.4, -0.2) is 24.2 Å². The molecule has 0 aromatic heterocycles. The maximum Gasteiger partial charge on any atom is 0.273 e. The predicted molar refractivity (Wildman–Crippen MR) is 121 cm³/mol. The van der Waals surface area contributed by atoms with E-state index in [1.807, 2.05) is 31.2 Å². The third-order valence-corrected chi connectivity index (χ3v) is 4.64. The smallest absolute Gasteiger partial charge is 0.273 e. The van der Waals surface area contributed by atoms with Crippen LogP contribution in [-0.2, 0) is 17.8 Å². The first-order chi connectivity index (χ1) is 15.5. The highest BCUT2D eigenvalue weighted by atomic mass is 16.6. The Kier molecular flexibility index (Phi) is 7.53. The van der Waals surface area contributed by atoms with E-state index in [9.17, 15) is 14.9 Å². The molecule has 0 aliphatic carbocycles. The summed E-state index contributed by atoms with van der Waals surface area (Å²) in [4.78, 5) is 22.6. The third kappa shape index (κ3) is 6.15. The number of para-hydroxylation sites is 1. The maximum atomic E-state index is 12.1. The fraction of sp³-hybridized carbons (Fsp3) is 0.167. The van der Waals surface area contributed by atoms with Crippen LogP contribution in [0.25, 0.3) is 0 Å². The van der Waals surface area contributed by atoms with Crippen molar-refractivity contribution in [1.29, 1.82) is 0 Å². The molecule has 0 atom stereocenters. The van der Waals surface area contributed by atoms with Gasteiger partial charge in [-0.15, -0.1) is 0 Å². The van der Waals surface area contributed by atoms with E-state index in [1.54, 1.807) is 43.5 Å². The molecule has 8 nitrogen and oxygen atoms in total. The molecule has 8 heteroatoms. The van der Waals surface area contributed by atoms with Gasteiger partial charge in [0.15, 0.2) is 11.5 Å². The maximum absolute atomic E-state index is 12.1. The van der Waals surface area contributed by atoms with Crippen LogP contribution in [0.15, 0.2) is 71.8 Å². The Morgan fingerprint density at radius 3 is 2.56 bits per heavy atom. The van der Waals surface area contributed by atoms with E-state index in [2.05, 4.69) is 10.5 Å². The standard InChI is InChI=1S/C24H23N3O5/c1-17-7-9-18(10-8-17)16-32-22-12-11-19(13-23(22)31-2)15-25-26-24(28)14-20-5-3-4-6-21(20)27(29)30/h3-13,15H,14,16H2,1-2H3,(H,26,28). The second kappa shape index (κ2) is 10.7. The molecule has 0 saturated carbocycles. The highest BCUT2D eigenvalue weighted by molar-refractivity contribution is 5.84. The molecule has 3 aromatic rings. The fourth-order valence-electron chi connectivity index (χ4n) is 2.96. The van der Waals surface area contributed by atoms with Crippen LogP contribution in [0.3, 0.4) is 0 Å². The van der Waals surface area contributed by atoms with Crippen molar-refractivity contribution in [2.75, 3.05) is 7.11 Å². The summed E-state index contributed by atoms with van der Waals surface area (Å²) in [5, 5.41) is 15.0. The number of nitrogens with zero attached hydrogens (tertiary/aromatic N) is 2. The number of hydrogen-bond donors (Lipinski definition) is 1. The van der Waals surface area contributed by atoms with Gasteiger partial charge in [0.05, 0.1) is 24.7 Å². The SMILES string of the molecule is COc1cc(C=NNC(=O)Cc2ccccc2[N+](=O)[O-])ccc1OCc1ccc(C)cc1. The van der Waals surface area contributed by atoms with Crippen LogP contribution < -0.4 is 14.9 Å². The molecule has 1 N–H and O–H groups in total. The van der Waals surface area contributed by atoms with Gasteiger partial charge in [-0.25, -0.2) is 5.43 Å². The number of nitro groups is 1. The van der Waals surface area contributed by atoms with Crippen LogP contribution in [0.1, 0.15) is 22.3 Å². The Balaban J connectivity index is 1.59. The number of rotatable bonds is 9. The normalized spacial score (nSPS) is 10.7. The van der Waals surface area contributed by atoms with Crippen LogP contribution in [0, 0.1) is 17.0 Å². The largest absolute Gasteiger partial charge is 0.493 e. The molecule has 0 aliphatic heterocycles. The van der Waals surface area contributed by atoms with Crippen LogP contribution in [0.4, 0.5) is 5.69 Å². The number of nitrogens with one attached hydrogen (secondary N) is 1. The Morgan fingerprint density at radius 1 is 1.09 bits per heavy atom. The number of amides is 1. The van der Waals surface area contributed by atoms with Gasteiger partial charge in [0.25, 0.3) is 5.69 Å². The molecule has 164 valence electrons. The summed E-state index contributed by atoms with van der Waals surface area (Å²) in [7, 11) is 1.55. The van der Waals surface area contributed by atoms with Gasteiger partial charge in [-0.2, -0.15) is 5.10 Å². The van der Waals surface area contributed by atoms with Gasteiger partial charge >= 0.3 is 0 Å². The quantitative estimate of drug-likeness (QED) is 0.310. The first-order valence-electron chi connectivity index (χ1n) is 9.87. The minimum Gasteiger partial charge on any atom is -0.493 e. The van der Waals surface area contributed by atoms with Crippen molar-refractivity contribution in [3.05, 3.63) is 99.1 Å². The molecule has 0 bridgehead atoms. The summed E-state index contributed by atoms with van der Waals surface area (Å²) in [6.45, 7) is 2.44. The number of methoxy groups -OCH3 is 1. The molecular weight excluding hydrogens is 410 g/mol. The van der Waals surface area contributed by atoms with Gasteiger partial charge in [0.1, 0.15) is 6.61 Å². The van der Waals surface area contributed by atoms with E-state index in [0.717, 1.165) is 5.56 Å². The number of ether oxygens (including phenoxy) is 2. The zero-order valence-electron chi connectivity index (χ0n) is 17.8. The van der Waals surface area contributed by atoms with Crippen molar-refractivity contribution in [1.82, 2.24) is 5.43 Å². The summed E-state index contributed by atoms with van der Waals surface area (Å²) in [5.74, 6) is 0.665. The summed E-state index contributed by atoms with van der Waals surface area (Å²) < 4.78 is 11.3. The summed E-state index contributed by atoms with van der Waals surface area (Å²) in [5.41, 5.74) is 5.53. The number of nitro benzene ring substituents is 1. The number of carbonyl (C=O) groups is 1. The second-order valence-corrected chi connectivity index (χ2v) is 7.04. The van der Waals surface area contributed by atoms with Crippen molar-refractivity contribution >= 4 is 17.8 Å². The molecule has 3 aromatic carbocycles. The van der Waals surface area contributed by atoms with Crippen molar-refractivity contribution < 1.29 is 19.2 Å². The molecule has 0 saturated heterocycles. The first kappa shape index (κ1) is 22.5. The molecular formula is C24H23N3O5. The topological polar surface area (TPSA) is 103 Å². The lowest BCUT2D eigenvalue weighted by Crippen LogP contribution is -2.20. The van der Waals surface area contributed by atoms with Crippen molar-refractivity contribution in [3.63, 3.8) is 0 Å². The van der Waals surface area contributed by atoms with Gasteiger partial charge in [-0.05, 0) is 36.2 Å². The average Bonchev–Trinajstić information content (AvgIpc) is 2.79. The lowest BCUT2D eigenvalue weighted by Gasteiger charge is -2.11. The number of benzene rings is 3. The minimum atomic E-state index is -0.513. The Labute approximate surface area is 185 Å². The Morgan fingerprint density at radius 2 is 1.84 bits per heavy atom. The van der Waals surface area contributed by atoms with Gasteiger partial charge < -0.3 is 9.47 Å².